The molecule has 0 spiro atoms. The van der Waals surface area contributed by atoms with E-state index < -0.39 is 0 Å². The Morgan fingerprint density at radius 1 is 1.05 bits per heavy atom. The zero-order chi connectivity index (χ0) is 15.5. The van der Waals surface area contributed by atoms with Gasteiger partial charge in [-0.05, 0) is 34.6 Å². The van der Waals surface area contributed by atoms with Crippen molar-refractivity contribution in [2.24, 2.45) is 0 Å². The van der Waals surface area contributed by atoms with Crippen LogP contribution in [-0.2, 0) is 23.7 Å². The Kier molecular flexibility index (Phi) is 12.2. The number of carbonyl (C=O) groups is 1. The van der Waals surface area contributed by atoms with Crippen LogP contribution in [0.5, 0.6) is 0 Å². The van der Waals surface area contributed by atoms with Gasteiger partial charge in [-0.25, -0.2) is 0 Å². The number of hydrogen-bond donors (Lipinski definition) is 0. The lowest BCUT2D eigenvalue weighted by Crippen LogP contribution is -2.21. The summed E-state index contributed by atoms with van der Waals surface area (Å²) in [4.78, 5) is 10.2. The van der Waals surface area contributed by atoms with Crippen LogP contribution in [0.3, 0.4) is 0 Å². The van der Waals surface area contributed by atoms with E-state index in [0.717, 1.165) is 0 Å². The summed E-state index contributed by atoms with van der Waals surface area (Å²) in [7, 11) is 3.34. The quantitative estimate of drug-likeness (QED) is 0.698. The van der Waals surface area contributed by atoms with Crippen LogP contribution < -0.4 is 0 Å². The molecular formula is C14H30O5. The van der Waals surface area contributed by atoms with Crippen molar-refractivity contribution < 1.29 is 23.7 Å². The molecule has 0 radical (unpaired) electrons. The van der Waals surface area contributed by atoms with Gasteiger partial charge in [-0.3, -0.25) is 4.79 Å². The molecule has 5 heteroatoms. The predicted octanol–water partition coefficient (Wildman–Crippen LogP) is 2.42. The molecule has 19 heavy (non-hydrogen) atoms. The normalized spacial score (nSPS) is 14.1. The molecular weight excluding hydrogens is 248 g/mol. The Balaban J connectivity index is 0. The molecule has 116 valence electrons. The summed E-state index contributed by atoms with van der Waals surface area (Å²) in [6, 6.07) is 0. The second-order valence-corrected chi connectivity index (χ2v) is 5.35. The van der Waals surface area contributed by atoms with Crippen molar-refractivity contribution in [3.8, 4) is 0 Å². The first-order chi connectivity index (χ1) is 8.62. The van der Waals surface area contributed by atoms with Crippen LogP contribution in [0.25, 0.3) is 0 Å². The molecule has 0 aromatic rings. The van der Waals surface area contributed by atoms with E-state index in [-0.39, 0.29) is 23.8 Å². The molecule has 0 saturated carbocycles. The SMILES string of the molecule is CC(=O)OC(C)(C)C.COCC(C)OCC(C)OC. The molecule has 0 aromatic carbocycles. The van der Waals surface area contributed by atoms with E-state index in [1.54, 1.807) is 14.2 Å². The summed E-state index contributed by atoms with van der Waals surface area (Å²) in [6.45, 7) is 12.1. The summed E-state index contributed by atoms with van der Waals surface area (Å²) < 4.78 is 20.1. The van der Waals surface area contributed by atoms with Gasteiger partial charge < -0.3 is 18.9 Å². The maximum absolute atomic E-state index is 10.2. The van der Waals surface area contributed by atoms with Gasteiger partial charge in [0, 0.05) is 21.1 Å². The lowest BCUT2D eigenvalue weighted by molar-refractivity contribution is -0.151. The number of methoxy groups -OCH3 is 2. The summed E-state index contributed by atoms with van der Waals surface area (Å²) in [5.74, 6) is -0.225. The highest BCUT2D eigenvalue weighted by molar-refractivity contribution is 5.66. The first kappa shape index (κ1) is 20.7. The first-order valence-electron chi connectivity index (χ1n) is 6.45. The minimum absolute atomic E-state index is 0.151. The van der Waals surface area contributed by atoms with Gasteiger partial charge in [0.25, 0.3) is 0 Å². The van der Waals surface area contributed by atoms with E-state index in [1.807, 2.05) is 34.6 Å². The average molecular weight is 278 g/mol. The summed E-state index contributed by atoms with van der Waals surface area (Å²) >= 11 is 0. The van der Waals surface area contributed by atoms with Crippen LogP contribution in [0, 0.1) is 0 Å². The predicted molar refractivity (Wildman–Crippen MR) is 75.3 cm³/mol. The third kappa shape index (κ3) is 19.9. The van der Waals surface area contributed by atoms with E-state index in [9.17, 15) is 4.79 Å². The zero-order valence-corrected chi connectivity index (χ0v) is 13.6. The average Bonchev–Trinajstić information content (AvgIpc) is 2.23. The number of rotatable bonds is 6. The van der Waals surface area contributed by atoms with Crippen LogP contribution in [0.4, 0.5) is 0 Å². The number of hydrogen-bond acceptors (Lipinski definition) is 5. The molecule has 0 fully saturated rings. The highest BCUT2D eigenvalue weighted by atomic mass is 16.6. The van der Waals surface area contributed by atoms with Crippen molar-refractivity contribution in [1.82, 2.24) is 0 Å². The highest BCUT2D eigenvalue weighted by Gasteiger charge is 2.11. The van der Waals surface area contributed by atoms with E-state index in [2.05, 4.69) is 0 Å². The van der Waals surface area contributed by atoms with Crippen LogP contribution in [0.15, 0.2) is 0 Å². The molecule has 2 unspecified atom stereocenters. The summed E-state index contributed by atoms with van der Waals surface area (Å²) in [6.07, 6.45) is 0.312. The van der Waals surface area contributed by atoms with E-state index >= 15 is 0 Å². The summed E-state index contributed by atoms with van der Waals surface area (Å²) in [5, 5.41) is 0. The highest BCUT2D eigenvalue weighted by Crippen LogP contribution is 2.05. The van der Waals surface area contributed by atoms with Crippen LogP contribution >= 0.6 is 0 Å². The third-order valence-corrected chi connectivity index (χ3v) is 1.87. The van der Waals surface area contributed by atoms with Gasteiger partial charge >= 0.3 is 5.97 Å². The topological polar surface area (TPSA) is 54.0 Å². The Bertz CT molecular complexity index is 222. The zero-order valence-electron chi connectivity index (χ0n) is 13.6. The number of carbonyl (C=O) groups excluding carboxylic acids is 1. The second kappa shape index (κ2) is 11.2. The minimum atomic E-state index is -0.328. The van der Waals surface area contributed by atoms with Crippen LogP contribution in [0.2, 0.25) is 0 Å². The molecule has 5 nitrogen and oxygen atoms in total. The molecule has 0 heterocycles. The van der Waals surface area contributed by atoms with Gasteiger partial charge in [0.15, 0.2) is 0 Å². The van der Waals surface area contributed by atoms with Crippen molar-refractivity contribution in [1.29, 1.82) is 0 Å². The molecule has 0 saturated heterocycles. The molecule has 0 rings (SSSR count). The summed E-state index contributed by atoms with van der Waals surface area (Å²) in [5.41, 5.74) is -0.328. The van der Waals surface area contributed by atoms with Crippen LogP contribution in [-0.4, -0.2) is 51.2 Å². The maximum atomic E-state index is 10.2. The molecule has 0 aromatic heterocycles. The lowest BCUT2D eigenvalue weighted by atomic mass is 10.2. The van der Waals surface area contributed by atoms with Gasteiger partial charge in [-0.2, -0.15) is 0 Å². The fraction of sp³-hybridized carbons (Fsp3) is 0.929. The smallest absolute Gasteiger partial charge is 0.303 e. The van der Waals surface area contributed by atoms with Gasteiger partial charge in [0.05, 0.1) is 25.4 Å². The Morgan fingerprint density at radius 2 is 1.58 bits per heavy atom. The third-order valence-electron chi connectivity index (χ3n) is 1.87. The molecule has 0 amide bonds. The monoisotopic (exact) mass is 278 g/mol. The second-order valence-electron chi connectivity index (χ2n) is 5.35. The first-order valence-corrected chi connectivity index (χ1v) is 6.45. The van der Waals surface area contributed by atoms with Gasteiger partial charge in [0.1, 0.15) is 5.60 Å². The van der Waals surface area contributed by atoms with Crippen LogP contribution in [0.1, 0.15) is 41.5 Å². The van der Waals surface area contributed by atoms with Crippen molar-refractivity contribution in [3.63, 3.8) is 0 Å². The molecule has 0 N–H and O–H groups in total. The molecule has 0 aliphatic heterocycles. The molecule has 0 aliphatic carbocycles. The van der Waals surface area contributed by atoms with Gasteiger partial charge in [0.2, 0.25) is 0 Å². The van der Waals surface area contributed by atoms with E-state index in [4.69, 9.17) is 18.9 Å². The lowest BCUT2D eigenvalue weighted by Gasteiger charge is -2.17. The Hall–Kier alpha value is -0.650. The molecule has 0 aliphatic rings. The maximum Gasteiger partial charge on any atom is 0.303 e. The van der Waals surface area contributed by atoms with Gasteiger partial charge in [-0.15, -0.1) is 0 Å². The Labute approximate surface area is 117 Å². The van der Waals surface area contributed by atoms with Gasteiger partial charge in [-0.1, -0.05) is 0 Å². The van der Waals surface area contributed by atoms with E-state index in [0.29, 0.717) is 13.2 Å². The standard InChI is InChI=1S/C8H18O3.C6H12O2/c1-7(10-4)6-11-8(2)5-9-3;1-5(7)8-6(2,3)4/h7-8H,5-6H2,1-4H3;1-4H3. The molecule has 0 bridgehead atoms. The number of ether oxygens (including phenoxy) is 4. The molecule has 2 atom stereocenters. The fourth-order valence-electron chi connectivity index (χ4n) is 1.08. The van der Waals surface area contributed by atoms with Crippen molar-refractivity contribution in [2.75, 3.05) is 27.4 Å². The minimum Gasteiger partial charge on any atom is -0.460 e. The van der Waals surface area contributed by atoms with E-state index in [1.165, 1.54) is 6.92 Å². The van der Waals surface area contributed by atoms with Crippen molar-refractivity contribution in [2.45, 2.75) is 59.4 Å². The van der Waals surface area contributed by atoms with Crippen molar-refractivity contribution in [3.05, 3.63) is 0 Å². The largest absolute Gasteiger partial charge is 0.460 e. The fourth-order valence-corrected chi connectivity index (χ4v) is 1.08. The van der Waals surface area contributed by atoms with Crippen molar-refractivity contribution >= 4 is 5.97 Å². The number of esters is 1. The Morgan fingerprint density at radius 3 is 1.84 bits per heavy atom.